The summed E-state index contributed by atoms with van der Waals surface area (Å²) in [4.78, 5) is 22.5. The molecule has 0 saturated heterocycles. The van der Waals surface area contributed by atoms with Crippen molar-refractivity contribution in [1.29, 1.82) is 0 Å². The Kier molecular flexibility index (Phi) is 7.07. The summed E-state index contributed by atoms with van der Waals surface area (Å²) in [5, 5.41) is 8.71. The van der Waals surface area contributed by atoms with E-state index < -0.39 is 12.0 Å². The van der Waals surface area contributed by atoms with E-state index in [2.05, 4.69) is 9.46 Å². The van der Waals surface area contributed by atoms with Crippen LogP contribution in [-0.2, 0) is 9.53 Å². The van der Waals surface area contributed by atoms with Crippen LogP contribution in [0.5, 0.6) is 0 Å². The smallest absolute Gasteiger partial charge is 0.335 e. The van der Waals surface area contributed by atoms with Gasteiger partial charge in [0.05, 0.1) is 12.7 Å². The highest BCUT2D eigenvalue weighted by molar-refractivity contribution is 7.97. The van der Waals surface area contributed by atoms with Crippen LogP contribution >= 0.6 is 11.9 Å². The van der Waals surface area contributed by atoms with Gasteiger partial charge in [-0.25, -0.2) is 9.52 Å². The van der Waals surface area contributed by atoms with E-state index in [9.17, 15) is 9.59 Å². The van der Waals surface area contributed by atoms with Gasteiger partial charge in [0.25, 0.3) is 0 Å². The van der Waals surface area contributed by atoms with Crippen LogP contribution in [0.3, 0.4) is 0 Å². The van der Waals surface area contributed by atoms with Crippen LogP contribution in [0.4, 0.5) is 0 Å². The normalized spacial score (nSPS) is 11.2. The van der Waals surface area contributed by atoms with Gasteiger partial charge < -0.3 is 9.84 Å². The molecule has 0 bridgehead atoms. The van der Waals surface area contributed by atoms with E-state index in [0.717, 1.165) is 4.90 Å². The third-order valence-corrected chi connectivity index (χ3v) is 2.99. The fourth-order valence-electron chi connectivity index (χ4n) is 1.05. The maximum atomic E-state index is 11.1. The summed E-state index contributed by atoms with van der Waals surface area (Å²) < 4.78 is 7.45. The van der Waals surface area contributed by atoms with Gasteiger partial charge in [-0.3, -0.25) is 4.79 Å². The quantitative estimate of drug-likeness (QED) is 0.631. The van der Waals surface area contributed by atoms with E-state index in [4.69, 9.17) is 5.11 Å². The predicted molar refractivity (Wildman–Crippen MR) is 70.6 cm³/mol. The van der Waals surface area contributed by atoms with E-state index in [-0.39, 0.29) is 19.0 Å². The number of carboxylic acid groups (broad SMARTS) is 1. The summed E-state index contributed by atoms with van der Waals surface area (Å²) in [5.41, 5.74) is 0.232. The number of rotatable bonds is 5. The Hall–Kier alpha value is -1.53. The number of carbonyl (C=O) groups is 2. The number of ether oxygens (including phenoxy) is 1. The number of esters is 1. The van der Waals surface area contributed by atoms with Crippen LogP contribution < -0.4 is 4.72 Å². The number of carbonyl (C=O) groups excluding carboxylic acids is 1. The van der Waals surface area contributed by atoms with E-state index in [0.29, 0.717) is 0 Å². The van der Waals surface area contributed by atoms with E-state index in [1.54, 1.807) is 19.1 Å². The lowest BCUT2D eigenvalue weighted by atomic mass is 10.2. The molecular formula is C12H17NO4S. The fourth-order valence-corrected chi connectivity index (χ4v) is 1.73. The summed E-state index contributed by atoms with van der Waals surface area (Å²) >= 11 is 1.25. The number of methoxy groups -OCH3 is 1. The van der Waals surface area contributed by atoms with Gasteiger partial charge in [-0.05, 0) is 43.1 Å². The minimum atomic E-state index is -0.961. The van der Waals surface area contributed by atoms with Gasteiger partial charge in [-0.1, -0.05) is 7.43 Å². The lowest BCUT2D eigenvalue weighted by Crippen LogP contribution is -2.29. The zero-order valence-corrected chi connectivity index (χ0v) is 10.3. The molecule has 2 N–H and O–H groups in total. The first-order valence-electron chi connectivity index (χ1n) is 4.88. The number of hydrogen-bond acceptors (Lipinski definition) is 5. The SMILES string of the molecule is C.COC(=O)[C@@H](C)NSc1ccc(C(=O)O)cc1. The Morgan fingerprint density at radius 2 is 1.89 bits per heavy atom. The highest BCUT2D eigenvalue weighted by Crippen LogP contribution is 2.16. The van der Waals surface area contributed by atoms with Crippen LogP contribution in [0.25, 0.3) is 0 Å². The molecule has 0 radical (unpaired) electrons. The molecule has 0 aliphatic rings. The molecular weight excluding hydrogens is 254 g/mol. The third kappa shape index (κ3) is 4.77. The molecule has 0 heterocycles. The topological polar surface area (TPSA) is 75.6 Å². The molecule has 0 spiro atoms. The fraction of sp³-hybridized carbons (Fsp3) is 0.333. The van der Waals surface area contributed by atoms with Crippen LogP contribution in [-0.4, -0.2) is 30.2 Å². The Labute approximate surface area is 111 Å². The molecule has 0 aromatic heterocycles. The molecule has 0 amide bonds. The Bertz CT molecular complexity index is 405. The largest absolute Gasteiger partial charge is 0.478 e. The number of aromatic carboxylic acids is 1. The van der Waals surface area contributed by atoms with Crippen LogP contribution in [0, 0.1) is 0 Å². The zero-order valence-electron chi connectivity index (χ0n) is 9.47. The maximum absolute atomic E-state index is 11.1. The molecule has 5 nitrogen and oxygen atoms in total. The van der Waals surface area contributed by atoms with Gasteiger partial charge >= 0.3 is 11.9 Å². The van der Waals surface area contributed by atoms with Gasteiger partial charge in [0.15, 0.2) is 0 Å². The van der Waals surface area contributed by atoms with Crippen molar-refractivity contribution in [3.63, 3.8) is 0 Å². The van der Waals surface area contributed by atoms with Gasteiger partial charge in [-0.15, -0.1) is 0 Å². The molecule has 0 unspecified atom stereocenters. The number of hydrogen-bond donors (Lipinski definition) is 2. The van der Waals surface area contributed by atoms with Crippen LogP contribution in [0.1, 0.15) is 24.7 Å². The van der Waals surface area contributed by atoms with Crippen molar-refractivity contribution in [1.82, 2.24) is 4.72 Å². The molecule has 18 heavy (non-hydrogen) atoms. The Morgan fingerprint density at radius 3 is 2.33 bits per heavy atom. The summed E-state index contributed by atoms with van der Waals surface area (Å²) in [6.07, 6.45) is 0. The van der Waals surface area contributed by atoms with Gasteiger partial charge in [-0.2, -0.15) is 0 Å². The molecule has 1 rings (SSSR count). The van der Waals surface area contributed by atoms with Crippen molar-refractivity contribution in [3.05, 3.63) is 29.8 Å². The van der Waals surface area contributed by atoms with Crippen molar-refractivity contribution in [2.75, 3.05) is 7.11 Å². The first-order valence-corrected chi connectivity index (χ1v) is 5.70. The van der Waals surface area contributed by atoms with Crippen LogP contribution in [0.2, 0.25) is 0 Å². The average molecular weight is 271 g/mol. The Morgan fingerprint density at radius 1 is 1.33 bits per heavy atom. The standard InChI is InChI=1S/C11H13NO4S.CH4/c1-7(11(15)16-2)12-17-9-5-3-8(4-6-9)10(13)14;/h3-7,12H,1-2H3,(H,13,14);1H4/t7-;/m1./s1. The number of carboxylic acids is 1. The maximum Gasteiger partial charge on any atom is 0.335 e. The molecule has 1 atom stereocenters. The molecule has 0 aliphatic carbocycles. The number of nitrogens with one attached hydrogen (secondary N) is 1. The second-order valence-corrected chi connectivity index (χ2v) is 4.21. The van der Waals surface area contributed by atoms with Crippen molar-refractivity contribution in [2.45, 2.75) is 25.3 Å². The number of benzene rings is 1. The van der Waals surface area contributed by atoms with Crippen molar-refractivity contribution in [3.8, 4) is 0 Å². The molecule has 0 saturated carbocycles. The summed E-state index contributed by atoms with van der Waals surface area (Å²) in [7, 11) is 1.33. The monoisotopic (exact) mass is 271 g/mol. The third-order valence-electron chi connectivity index (χ3n) is 2.01. The van der Waals surface area contributed by atoms with Crippen LogP contribution in [0.15, 0.2) is 29.2 Å². The van der Waals surface area contributed by atoms with Gasteiger partial charge in [0.1, 0.15) is 6.04 Å². The zero-order chi connectivity index (χ0) is 12.8. The molecule has 0 fully saturated rings. The van der Waals surface area contributed by atoms with Crippen molar-refractivity contribution < 1.29 is 19.4 Å². The predicted octanol–water partition coefficient (Wildman–Crippen LogP) is 2.18. The minimum Gasteiger partial charge on any atom is -0.478 e. The summed E-state index contributed by atoms with van der Waals surface area (Å²) in [6.45, 7) is 1.68. The molecule has 0 aliphatic heterocycles. The lowest BCUT2D eigenvalue weighted by Gasteiger charge is -2.10. The Balaban J connectivity index is 0.00000289. The first-order chi connectivity index (χ1) is 8.04. The van der Waals surface area contributed by atoms with E-state index in [1.165, 1.54) is 31.2 Å². The first kappa shape index (κ1) is 16.5. The summed E-state index contributed by atoms with van der Waals surface area (Å²) in [5.74, 6) is -1.31. The molecule has 1 aromatic carbocycles. The van der Waals surface area contributed by atoms with E-state index in [1.807, 2.05) is 0 Å². The highest BCUT2D eigenvalue weighted by atomic mass is 32.2. The molecule has 1 aromatic rings. The van der Waals surface area contributed by atoms with E-state index >= 15 is 0 Å². The average Bonchev–Trinajstić information content (AvgIpc) is 2.35. The lowest BCUT2D eigenvalue weighted by molar-refractivity contribution is -0.142. The van der Waals surface area contributed by atoms with Crippen molar-refractivity contribution >= 4 is 23.9 Å². The second kappa shape index (κ2) is 7.73. The minimum absolute atomic E-state index is 0. The van der Waals surface area contributed by atoms with Gasteiger partial charge in [0, 0.05) is 4.90 Å². The highest BCUT2D eigenvalue weighted by Gasteiger charge is 2.12. The summed E-state index contributed by atoms with van der Waals surface area (Å²) in [6, 6.07) is 5.93. The molecule has 6 heteroatoms. The van der Waals surface area contributed by atoms with Gasteiger partial charge in [0.2, 0.25) is 0 Å². The van der Waals surface area contributed by atoms with Crippen molar-refractivity contribution in [2.24, 2.45) is 0 Å². The molecule has 100 valence electrons. The second-order valence-electron chi connectivity index (χ2n) is 3.29.